The van der Waals surface area contributed by atoms with Gasteiger partial charge in [-0.25, -0.2) is 0 Å². The van der Waals surface area contributed by atoms with Crippen molar-refractivity contribution in [3.63, 3.8) is 0 Å². The van der Waals surface area contributed by atoms with Gasteiger partial charge in [-0.3, -0.25) is 0 Å². The molecule has 0 aliphatic rings. The van der Waals surface area contributed by atoms with Crippen molar-refractivity contribution in [2.45, 2.75) is 0 Å². The molecule has 0 heterocycles. The summed E-state index contributed by atoms with van der Waals surface area (Å²) in [6.07, 6.45) is 1.64. The molecule has 2 aromatic rings. The molecule has 0 radical (unpaired) electrons. The van der Waals surface area contributed by atoms with E-state index in [4.69, 9.17) is 18.9 Å². The number of phenolic OH excluding ortho intramolecular Hbond substituents is 1. The number of nitriles is 1. The molecular weight excluding hydrogens is 322 g/mol. The fourth-order valence-corrected chi connectivity index (χ4v) is 2.40. The molecule has 6 heteroatoms. The molecule has 130 valence electrons. The minimum Gasteiger partial charge on any atom is -0.504 e. The van der Waals surface area contributed by atoms with Gasteiger partial charge in [0.2, 0.25) is 5.75 Å². The smallest absolute Gasteiger partial charge is 0.203 e. The van der Waals surface area contributed by atoms with Gasteiger partial charge in [-0.05, 0) is 47.5 Å². The molecule has 2 rings (SSSR count). The Bertz CT molecular complexity index is 836. The first-order chi connectivity index (χ1) is 12.1. The van der Waals surface area contributed by atoms with Crippen molar-refractivity contribution in [2.75, 3.05) is 28.4 Å². The zero-order chi connectivity index (χ0) is 18.4. The predicted molar refractivity (Wildman–Crippen MR) is 94.2 cm³/mol. The summed E-state index contributed by atoms with van der Waals surface area (Å²) in [5, 5.41) is 19.6. The van der Waals surface area contributed by atoms with Crippen LogP contribution in [0.4, 0.5) is 0 Å². The van der Waals surface area contributed by atoms with Crippen LogP contribution in [0.5, 0.6) is 28.7 Å². The molecule has 0 spiro atoms. The average molecular weight is 341 g/mol. The van der Waals surface area contributed by atoms with Gasteiger partial charge in [0.1, 0.15) is 0 Å². The van der Waals surface area contributed by atoms with Crippen LogP contribution < -0.4 is 18.9 Å². The van der Waals surface area contributed by atoms with Gasteiger partial charge in [0, 0.05) is 0 Å². The summed E-state index contributed by atoms with van der Waals surface area (Å²) in [4.78, 5) is 0. The number of benzene rings is 2. The Morgan fingerprint density at radius 2 is 1.60 bits per heavy atom. The Hall–Kier alpha value is -3.33. The molecule has 0 bridgehead atoms. The number of hydrogen-bond acceptors (Lipinski definition) is 6. The van der Waals surface area contributed by atoms with E-state index in [0.29, 0.717) is 33.9 Å². The number of rotatable bonds is 6. The van der Waals surface area contributed by atoms with Crippen LogP contribution in [0.1, 0.15) is 11.1 Å². The molecule has 0 saturated heterocycles. The van der Waals surface area contributed by atoms with Crippen LogP contribution in [-0.2, 0) is 0 Å². The van der Waals surface area contributed by atoms with Crippen molar-refractivity contribution in [3.8, 4) is 34.8 Å². The van der Waals surface area contributed by atoms with Gasteiger partial charge in [-0.15, -0.1) is 0 Å². The highest BCUT2D eigenvalue weighted by atomic mass is 16.5. The molecular formula is C19H19NO5. The van der Waals surface area contributed by atoms with Crippen molar-refractivity contribution < 1.29 is 24.1 Å². The second-order valence-corrected chi connectivity index (χ2v) is 5.02. The second-order valence-electron chi connectivity index (χ2n) is 5.02. The Morgan fingerprint density at radius 1 is 0.920 bits per heavy atom. The summed E-state index contributed by atoms with van der Waals surface area (Å²) in [6.45, 7) is 0. The molecule has 0 aliphatic heterocycles. The molecule has 0 fully saturated rings. The summed E-state index contributed by atoms with van der Waals surface area (Å²) < 4.78 is 20.8. The van der Waals surface area contributed by atoms with Gasteiger partial charge < -0.3 is 24.1 Å². The summed E-state index contributed by atoms with van der Waals surface area (Å²) in [5.41, 5.74) is 1.66. The Kier molecular flexibility index (Phi) is 5.75. The molecule has 0 amide bonds. The van der Waals surface area contributed by atoms with E-state index >= 15 is 0 Å². The molecule has 0 unspecified atom stereocenters. The van der Waals surface area contributed by atoms with E-state index in [1.54, 1.807) is 37.5 Å². The van der Waals surface area contributed by atoms with E-state index in [9.17, 15) is 10.4 Å². The third-order valence-corrected chi connectivity index (χ3v) is 3.61. The van der Waals surface area contributed by atoms with Crippen LogP contribution in [-0.4, -0.2) is 33.5 Å². The third kappa shape index (κ3) is 3.78. The topological polar surface area (TPSA) is 80.9 Å². The summed E-state index contributed by atoms with van der Waals surface area (Å²) in [6, 6.07) is 10.5. The molecule has 2 aromatic carbocycles. The first-order valence-corrected chi connectivity index (χ1v) is 7.37. The van der Waals surface area contributed by atoms with Gasteiger partial charge in [0.15, 0.2) is 23.0 Å². The first-order valence-electron chi connectivity index (χ1n) is 7.37. The van der Waals surface area contributed by atoms with Crippen LogP contribution in [0.3, 0.4) is 0 Å². The van der Waals surface area contributed by atoms with Gasteiger partial charge in [-0.1, -0.05) is 0 Å². The fraction of sp³-hybridized carbons (Fsp3) is 0.211. The fourth-order valence-electron chi connectivity index (χ4n) is 2.40. The lowest BCUT2D eigenvalue weighted by atomic mass is 10.0. The van der Waals surface area contributed by atoms with E-state index in [-0.39, 0.29) is 11.5 Å². The quantitative estimate of drug-likeness (QED) is 0.640. The third-order valence-electron chi connectivity index (χ3n) is 3.61. The van der Waals surface area contributed by atoms with E-state index < -0.39 is 0 Å². The zero-order valence-corrected chi connectivity index (χ0v) is 14.5. The van der Waals surface area contributed by atoms with Crippen LogP contribution in [0, 0.1) is 11.3 Å². The van der Waals surface area contributed by atoms with Crippen molar-refractivity contribution in [1.29, 1.82) is 5.26 Å². The van der Waals surface area contributed by atoms with Gasteiger partial charge >= 0.3 is 0 Å². The van der Waals surface area contributed by atoms with Crippen LogP contribution in [0.25, 0.3) is 11.6 Å². The van der Waals surface area contributed by atoms with Gasteiger partial charge in [0.05, 0.1) is 40.1 Å². The lowest BCUT2D eigenvalue weighted by molar-refractivity contribution is 0.333. The van der Waals surface area contributed by atoms with Gasteiger partial charge in [-0.2, -0.15) is 5.26 Å². The molecule has 0 atom stereocenters. The highest BCUT2D eigenvalue weighted by molar-refractivity contribution is 5.90. The maximum absolute atomic E-state index is 10.1. The maximum Gasteiger partial charge on any atom is 0.203 e. The minimum absolute atomic E-state index is 0.0716. The van der Waals surface area contributed by atoms with Crippen LogP contribution in [0.15, 0.2) is 30.3 Å². The SMILES string of the molecule is COc1ccc(C(C#N)=Cc2cc(O)c(OC)c(OC)c2)cc1OC. The molecule has 0 saturated carbocycles. The van der Waals surface area contributed by atoms with E-state index in [2.05, 4.69) is 6.07 Å². The molecule has 0 aromatic heterocycles. The van der Waals surface area contributed by atoms with E-state index in [0.717, 1.165) is 0 Å². The summed E-state index contributed by atoms with van der Waals surface area (Å²) in [5.74, 6) is 1.64. The Morgan fingerprint density at radius 3 is 2.16 bits per heavy atom. The monoisotopic (exact) mass is 341 g/mol. The van der Waals surface area contributed by atoms with Gasteiger partial charge in [0.25, 0.3) is 0 Å². The first kappa shape index (κ1) is 18.0. The predicted octanol–water partition coefficient (Wildman–Crippen LogP) is 3.49. The lowest BCUT2D eigenvalue weighted by Gasteiger charge is -2.11. The number of phenols is 1. The highest BCUT2D eigenvalue weighted by Gasteiger charge is 2.12. The largest absolute Gasteiger partial charge is 0.504 e. The summed E-state index contributed by atoms with van der Waals surface area (Å²) in [7, 11) is 6.00. The van der Waals surface area contributed by atoms with E-state index in [1.807, 2.05) is 0 Å². The van der Waals surface area contributed by atoms with Crippen LogP contribution in [0.2, 0.25) is 0 Å². The molecule has 25 heavy (non-hydrogen) atoms. The molecule has 1 N–H and O–H groups in total. The standard InChI is InChI=1S/C19H19NO5/c1-22-16-6-5-13(10-17(16)23-2)14(11-20)7-12-8-15(21)19(25-4)18(9-12)24-3/h5-10,21H,1-4H3. The lowest BCUT2D eigenvalue weighted by Crippen LogP contribution is -1.93. The van der Waals surface area contributed by atoms with Crippen LogP contribution >= 0.6 is 0 Å². The van der Waals surface area contributed by atoms with Crippen molar-refractivity contribution in [2.24, 2.45) is 0 Å². The Labute approximate surface area is 146 Å². The number of nitrogens with zero attached hydrogens (tertiary/aromatic N) is 1. The number of aromatic hydroxyl groups is 1. The highest BCUT2D eigenvalue weighted by Crippen LogP contribution is 2.38. The van der Waals surface area contributed by atoms with E-state index in [1.165, 1.54) is 27.4 Å². The van der Waals surface area contributed by atoms with Crippen molar-refractivity contribution in [1.82, 2.24) is 0 Å². The number of hydrogen-bond donors (Lipinski definition) is 1. The summed E-state index contributed by atoms with van der Waals surface area (Å²) >= 11 is 0. The molecule has 0 aliphatic carbocycles. The number of methoxy groups -OCH3 is 4. The zero-order valence-electron chi connectivity index (χ0n) is 14.5. The Balaban J connectivity index is 2.51. The normalized spacial score (nSPS) is 10.8. The van der Waals surface area contributed by atoms with Crippen molar-refractivity contribution in [3.05, 3.63) is 41.5 Å². The molecule has 6 nitrogen and oxygen atoms in total. The second kappa shape index (κ2) is 7.97. The average Bonchev–Trinajstić information content (AvgIpc) is 2.64. The minimum atomic E-state index is -0.0716. The number of ether oxygens (including phenoxy) is 4. The maximum atomic E-state index is 10.1. The van der Waals surface area contributed by atoms with Crippen molar-refractivity contribution >= 4 is 11.6 Å². The number of allylic oxidation sites excluding steroid dienone is 1.